The molecule has 94 valence electrons. The highest BCUT2D eigenvalue weighted by atomic mass is 16.3. The van der Waals surface area contributed by atoms with E-state index in [0.29, 0.717) is 6.54 Å². The van der Waals surface area contributed by atoms with Gasteiger partial charge in [0, 0.05) is 0 Å². The normalized spacial score (nSPS) is 18.9. The Balaban J connectivity index is 1.93. The average molecular weight is 236 g/mol. The molecular weight excluding hydrogens is 216 g/mol. The van der Waals surface area contributed by atoms with Crippen molar-refractivity contribution in [3.63, 3.8) is 0 Å². The van der Waals surface area contributed by atoms with Crippen LogP contribution in [0.1, 0.15) is 31.9 Å². The molecule has 1 aromatic rings. The summed E-state index contributed by atoms with van der Waals surface area (Å²) in [6, 6.07) is 3.71. The molecule has 0 aromatic carbocycles. The van der Waals surface area contributed by atoms with Gasteiger partial charge in [-0.05, 0) is 44.5 Å². The number of amides is 1. The zero-order valence-electron chi connectivity index (χ0n) is 10.3. The standard InChI is InChI=1S/C13H20N2O2/c1-2-13(5-7-14-8-6-13)12(16)15-10-11-4-3-9-17-11/h3-4,9,14H,2,5-8,10H2,1H3,(H,15,16). The molecular formula is C13H20N2O2. The molecule has 1 aliphatic heterocycles. The number of carbonyl (C=O) groups is 1. The van der Waals surface area contributed by atoms with E-state index in [-0.39, 0.29) is 11.3 Å². The number of hydrogen-bond acceptors (Lipinski definition) is 3. The molecule has 2 heterocycles. The summed E-state index contributed by atoms with van der Waals surface area (Å²) in [5, 5.41) is 6.29. The van der Waals surface area contributed by atoms with Crippen LogP contribution in [0.3, 0.4) is 0 Å². The monoisotopic (exact) mass is 236 g/mol. The van der Waals surface area contributed by atoms with Crippen LogP contribution in [0, 0.1) is 5.41 Å². The van der Waals surface area contributed by atoms with E-state index < -0.39 is 0 Å². The third kappa shape index (κ3) is 2.69. The maximum atomic E-state index is 12.3. The number of carbonyl (C=O) groups excluding carboxylic acids is 1. The van der Waals surface area contributed by atoms with Crippen LogP contribution >= 0.6 is 0 Å². The van der Waals surface area contributed by atoms with Gasteiger partial charge in [0.25, 0.3) is 0 Å². The van der Waals surface area contributed by atoms with Gasteiger partial charge in [-0.15, -0.1) is 0 Å². The van der Waals surface area contributed by atoms with Gasteiger partial charge < -0.3 is 15.1 Å². The predicted octanol–water partition coefficient (Wildman–Crippen LogP) is 1.68. The molecule has 0 bridgehead atoms. The Morgan fingerprint density at radius 1 is 1.53 bits per heavy atom. The molecule has 1 fully saturated rings. The lowest BCUT2D eigenvalue weighted by Crippen LogP contribution is -2.47. The second-order valence-electron chi connectivity index (χ2n) is 4.65. The van der Waals surface area contributed by atoms with Crippen molar-refractivity contribution in [1.29, 1.82) is 0 Å². The molecule has 1 aliphatic rings. The van der Waals surface area contributed by atoms with E-state index in [0.717, 1.165) is 38.1 Å². The fourth-order valence-electron chi connectivity index (χ4n) is 2.41. The van der Waals surface area contributed by atoms with Gasteiger partial charge in [0.2, 0.25) is 5.91 Å². The quantitative estimate of drug-likeness (QED) is 0.836. The summed E-state index contributed by atoms with van der Waals surface area (Å²) < 4.78 is 5.21. The summed E-state index contributed by atoms with van der Waals surface area (Å²) in [6.07, 6.45) is 4.38. The Morgan fingerprint density at radius 3 is 2.88 bits per heavy atom. The Kier molecular flexibility index (Phi) is 3.84. The Bertz CT molecular complexity index is 354. The van der Waals surface area contributed by atoms with Gasteiger partial charge in [-0.1, -0.05) is 6.92 Å². The highest BCUT2D eigenvalue weighted by molar-refractivity contribution is 5.82. The van der Waals surface area contributed by atoms with E-state index in [1.807, 2.05) is 12.1 Å². The van der Waals surface area contributed by atoms with Crippen LogP contribution in [-0.4, -0.2) is 19.0 Å². The first kappa shape index (κ1) is 12.2. The molecule has 17 heavy (non-hydrogen) atoms. The molecule has 2 rings (SSSR count). The maximum Gasteiger partial charge on any atom is 0.226 e. The van der Waals surface area contributed by atoms with Gasteiger partial charge in [0.15, 0.2) is 0 Å². The van der Waals surface area contributed by atoms with Gasteiger partial charge in [-0.2, -0.15) is 0 Å². The lowest BCUT2D eigenvalue weighted by Gasteiger charge is -2.35. The Hall–Kier alpha value is -1.29. The average Bonchev–Trinajstić information content (AvgIpc) is 2.90. The van der Waals surface area contributed by atoms with Crippen LogP contribution in [0.4, 0.5) is 0 Å². The van der Waals surface area contributed by atoms with Crippen molar-refractivity contribution in [2.75, 3.05) is 13.1 Å². The largest absolute Gasteiger partial charge is 0.467 e. The fourth-order valence-corrected chi connectivity index (χ4v) is 2.41. The highest BCUT2D eigenvalue weighted by Gasteiger charge is 2.37. The van der Waals surface area contributed by atoms with E-state index in [2.05, 4.69) is 17.6 Å². The lowest BCUT2D eigenvalue weighted by molar-refractivity contribution is -0.133. The van der Waals surface area contributed by atoms with Crippen molar-refractivity contribution in [3.05, 3.63) is 24.2 Å². The first-order valence-corrected chi connectivity index (χ1v) is 6.28. The zero-order valence-corrected chi connectivity index (χ0v) is 10.3. The summed E-state index contributed by atoms with van der Waals surface area (Å²) in [6.45, 7) is 4.45. The molecule has 0 atom stereocenters. The van der Waals surface area contributed by atoms with Crippen molar-refractivity contribution in [1.82, 2.24) is 10.6 Å². The van der Waals surface area contributed by atoms with Crippen LogP contribution in [-0.2, 0) is 11.3 Å². The summed E-state index contributed by atoms with van der Waals surface area (Å²) in [5.74, 6) is 0.969. The van der Waals surface area contributed by atoms with Crippen molar-refractivity contribution in [2.24, 2.45) is 5.41 Å². The van der Waals surface area contributed by atoms with Crippen LogP contribution in [0.25, 0.3) is 0 Å². The number of hydrogen-bond donors (Lipinski definition) is 2. The van der Waals surface area contributed by atoms with Crippen LogP contribution in [0.15, 0.2) is 22.8 Å². The van der Waals surface area contributed by atoms with Gasteiger partial charge in [0.05, 0.1) is 18.2 Å². The van der Waals surface area contributed by atoms with Gasteiger partial charge in [0.1, 0.15) is 5.76 Å². The number of furan rings is 1. The van der Waals surface area contributed by atoms with Gasteiger partial charge in [-0.25, -0.2) is 0 Å². The van der Waals surface area contributed by atoms with E-state index in [1.165, 1.54) is 0 Å². The van der Waals surface area contributed by atoms with Gasteiger partial charge in [-0.3, -0.25) is 4.79 Å². The molecule has 0 radical (unpaired) electrons. The maximum absolute atomic E-state index is 12.3. The van der Waals surface area contributed by atoms with E-state index in [1.54, 1.807) is 6.26 Å². The lowest BCUT2D eigenvalue weighted by atomic mass is 9.76. The second kappa shape index (κ2) is 5.36. The first-order valence-electron chi connectivity index (χ1n) is 6.28. The predicted molar refractivity (Wildman–Crippen MR) is 65.4 cm³/mol. The molecule has 2 N–H and O–H groups in total. The molecule has 1 amide bonds. The third-order valence-electron chi connectivity index (χ3n) is 3.72. The highest BCUT2D eigenvalue weighted by Crippen LogP contribution is 2.32. The number of nitrogens with one attached hydrogen (secondary N) is 2. The Labute approximate surface area is 102 Å². The fraction of sp³-hybridized carbons (Fsp3) is 0.615. The minimum Gasteiger partial charge on any atom is -0.467 e. The summed E-state index contributed by atoms with van der Waals surface area (Å²) in [4.78, 5) is 12.3. The summed E-state index contributed by atoms with van der Waals surface area (Å²) in [7, 11) is 0. The smallest absolute Gasteiger partial charge is 0.226 e. The topological polar surface area (TPSA) is 54.3 Å². The first-order chi connectivity index (χ1) is 8.27. The molecule has 4 nitrogen and oxygen atoms in total. The minimum atomic E-state index is -0.183. The number of rotatable bonds is 4. The van der Waals surface area contributed by atoms with Crippen molar-refractivity contribution >= 4 is 5.91 Å². The molecule has 4 heteroatoms. The van der Waals surface area contributed by atoms with Crippen molar-refractivity contribution < 1.29 is 9.21 Å². The van der Waals surface area contributed by atoms with Crippen molar-refractivity contribution in [2.45, 2.75) is 32.7 Å². The molecule has 0 saturated carbocycles. The number of piperidine rings is 1. The van der Waals surface area contributed by atoms with E-state index in [4.69, 9.17) is 4.42 Å². The summed E-state index contributed by atoms with van der Waals surface area (Å²) in [5.41, 5.74) is -0.183. The molecule has 1 saturated heterocycles. The molecule has 0 spiro atoms. The van der Waals surface area contributed by atoms with Crippen molar-refractivity contribution in [3.8, 4) is 0 Å². The Morgan fingerprint density at radius 2 is 2.29 bits per heavy atom. The van der Waals surface area contributed by atoms with Crippen LogP contribution in [0.5, 0.6) is 0 Å². The van der Waals surface area contributed by atoms with Crippen LogP contribution < -0.4 is 10.6 Å². The van der Waals surface area contributed by atoms with E-state index >= 15 is 0 Å². The van der Waals surface area contributed by atoms with Crippen LogP contribution in [0.2, 0.25) is 0 Å². The molecule has 1 aromatic heterocycles. The molecule has 0 unspecified atom stereocenters. The van der Waals surface area contributed by atoms with E-state index in [9.17, 15) is 4.79 Å². The van der Waals surface area contributed by atoms with Gasteiger partial charge >= 0.3 is 0 Å². The second-order valence-corrected chi connectivity index (χ2v) is 4.65. The zero-order chi connectivity index (χ0) is 12.1. The summed E-state index contributed by atoms with van der Waals surface area (Å²) >= 11 is 0. The SMILES string of the molecule is CCC1(C(=O)NCc2ccco2)CCNCC1. The third-order valence-corrected chi connectivity index (χ3v) is 3.72. The molecule has 0 aliphatic carbocycles. The minimum absolute atomic E-state index is 0.165.